The van der Waals surface area contributed by atoms with Gasteiger partial charge in [0.15, 0.2) is 0 Å². The van der Waals surface area contributed by atoms with Crippen LogP contribution < -0.4 is 0 Å². The van der Waals surface area contributed by atoms with Gasteiger partial charge in [-0.15, -0.1) is 0 Å². The van der Waals surface area contributed by atoms with E-state index in [1.54, 1.807) is 0 Å². The van der Waals surface area contributed by atoms with Crippen LogP contribution in [0.4, 0.5) is 4.39 Å². The predicted molar refractivity (Wildman–Crippen MR) is 101 cm³/mol. The number of halogens is 1. The highest BCUT2D eigenvalue weighted by Crippen LogP contribution is 2.14. The summed E-state index contributed by atoms with van der Waals surface area (Å²) >= 11 is 0. The van der Waals surface area contributed by atoms with Crippen molar-refractivity contribution < 1.29 is 9.50 Å². The SMILES string of the molecule is CCCCCCCCCCCCCCCCCCCC(O)CF. The molecule has 1 nitrogen and oxygen atoms in total. The first-order valence-corrected chi connectivity index (χ1v) is 10.5. The van der Waals surface area contributed by atoms with Crippen molar-refractivity contribution >= 4 is 0 Å². The van der Waals surface area contributed by atoms with Crippen molar-refractivity contribution in [3.63, 3.8) is 0 Å². The van der Waals surface area contributed by atoms with E-state index in [0.29, 0.717) is 6.42 Å². The molecule has 23 heavy (non-hydrogen) atoms. The summed E-state index contributed by atoms with van der Waals surface area (Å²) in [5.74, 6) is 0. The fraction of sp³-hybridized carbons (Fsp3) is 1.00. The van der Waals surface area contributed by atoms with E-state index in [1.807, 2.05) is 0 Å². The first-order valence-electron chi connectivity index (χ1n) is 10.5. The largest absolute Gasteiger partial charge is 0.390 e. The third kappa shape index (κ3) is 19.8. The highest BCUT2D eigenvalue weighted by molar-refractivity contribution is 4.54. The van der Waals surface area contributed by atoms with Gasteiger partial charge in [0.2, 0.25) is 0 Å². The van der Waals surface area contributed by atoms with Gasteiger partial charge in [-0.1, -0.05) is 116 Å². The van der Waals surface area contributed by atoms with Crippen LogP contribution in [-0.4, -0.2) is 17.9 Å². The maximum Gasteiger partial charge on any atom is 0.115 e. The summed E-state index contributed by atoms with van der Waals surface area (Å²) in [5.41, 5.74) is 0. The van der Waals surface area contributed by atoms with E-state index >= 15 is 0 Å². The van der Waals surface area contributed by atoms with Crippen molar-refractivity contribution in [2.45, 2.75) is 129 Å². The molecule has 0 aromatic carbocycles. The van der Waals surface area contributed by atoms with E-state index in [-0.39, 0.29) is 0 Å². The van der Waals surface area contributed by atoms with E-state index in [9.17, 15) is 4.39 Å². The average molecular weight is 331 g/mol. The lowest BCUT2D eigenvalue weighted by atomic mass is 10.0. The van der Waals surface area contributed by atoms with Gasteiger partial charge in [0, 0.05) is 0 Å². The molecule has 140 valence electrons. The Kier molecular flexibility index (Phi) is 19.8. The van der Waals surface area contributed by atoms with Crippen LogP contribution in [-0.2, 0) is 0 Å². The Morgan fingerprint density at radius 2 is 0.870 bits per heavy atom. The molecule has 0 spiro atoms. The Bertz CT molecular complexity index is 208. The standard InChI is InChI=1S/C21H43FO/c1-2-3-4-5-6-7-8-9-10-11-12-13-14-15-16-17-18-19-21(23)20-22/h21,23H,2-20H2,1H3. The van der Waals surface area contributed by atoms with E-state index in [2.05, 4.69) is 6.92 Å². The summed E-state index contributed by atoms with van der Waals surface area (Å²) < 4.78 is 12.0. The quantitative estimate of drug-likeness (QED) is 0.245. The molecule has 0 aromatic heterocycles. The molecule has 0 fully saturated rings. The molecule has 0 aliphatic rings. The topological polar surface area (TPSA) is 20.2 Å². The minimum Gasteiger partial charge on any atom is -0.390 e. The van der Waals surface area contributed by atoms with Gasteiger partial charge in [-0.05, 0) is 6.42 Å². The van der Waals surface area contributed by atoms with E-state index in [4.69, 9.17) is 5.11 Å². The Hall–Kier alpha value is -0.110. The minimum absolute atomic E-state index is 0.584. The first kappa shape index (κ1) is 22.9. The Balaban J connectivity index is 2.97. The Morgan fingerprint density at radius 3 is 1.17 bits per heavy atom. The predicted octanol–water partition coefficient (Wildman–Crippen LogP) is 7.36. The number of alkyl halides is 1. The number of unbranched alkanes of at least 4 members (excludes halogenated alkanes) is 16. The molecule has 2 heteroatoms. The second-order valence-corrected chi connectivity index (χ2v) is 7.25. The molecule has 0 aliphatic carbocycles. The van der Waals surface area contributed by atoms with Crippen LogP contribution >= 0.6 is 0 Å². The van der Waals surface area contributed by atoms with Crippen molar-refractivity contribution in [1.29, 1.82) is 0 Å². The first-order chi connectivity index (χ1) is 11.3. The lowest BCUT2D eigenvalue weighted by Crippen LogP contribution is -2.07. The lowest BCUT2D eigenvalue weighted by molar-refractivity contribution is 0.128. The second kappa shape index (κ2) is 19.9. The summed E-state index contributed by atoms with van der Waals surface area (Å²) in [7, 11) is 0. The molecule has 0 saturated heterocycles. The fourth-order valence-corrected chi connectivity index (χ4v) is 3.18. The zero-order valence-electron chi connectivity index (χ0n) is 15.8. The van der Waals surface area contributed by atoms with Crippen LogP contribution in [0.25, 0.3) is 0 Å². The maximum atomic E-state index is 12.0. The van der Waals surface area contributed by atoms with Gasteiger partial charge in [0.25, 0.3) is 0 Å². The number of aliphatic hydroxyl groups is 1. The van der Waals surface area contributed by atoms with Gasteiger partial charge < -0.3 is 5.11 Å². The molecule has 0 radical (unpaired) electrons. The smallest absolute Gasteiger partial charge is 0.115 e. The van der Waals surface area contributed by atoms with E-state index in [0.717, 1.165) is 12.8 Å². The van der Waals surface area contributed by atoms with E-state index in [1.165, 1.54) is 96.3 Å². The van der Waals surface area contributed by atoms with Crippen molar-refractivity contribution in [1.82, 2.24) is 0 Å². The minimum atomic E-state index is -0.716. The molecular formula is C21H43FO. The molecule has 1 N–H and O–H groups in total. The molecular weight excluding hydrogens is 287 g/mol. The van der Waals surface area contributed by atoms with E-state index < -0.39 is 12.8 Å². The second-order valence-electron chi connectivity index (χ2n) is 7.25. The highest BCUT2D eigenvalue weighted by atomic mass is 19.1. The Labute approximate surface area is 145 Å². The van der Waals surface area contributed by atoms with Crippen molar-refractivity contribution in [3.05, 3.63) is 0 Å². The molecule has 0 amide bonds. The molecule has 0 aromatic rings. The molecule has 0 saturated carbocycles. The number of hydrogen-bond acceptors (Lipinski definition) is 1. The molecule has 1 unspecified atom stereocenters. The van der Waals surface area contributed by atoms with Crippen LogP contribution in [0.2, 0.25) is 0 Å². The summed E-state index contributed by atoms with van der Waals surface area (Å²) in [6.45, 7) is 1.69. The normalized spacial score (nSPS) is 12.7. The number of rotatable bonds is 19. The summed E-state index contributed by atoms with van der Waals surface area (Å²) in [4.78, 5) is 0. The van der Waals surface area contributed by atoms with Crippen LogP contribution in [0.5, 0.6) is 0 Å². The highest BCUT2D eigenvalue weighted by Gasteiger charge is 2.01. The molecule has 1 atom stereocenters. The average Bonchev–Trinajstić information content (AvgIpc) is 2.57. The molecule has 0 bridgehead atoms. The van der Waals surface area contributed by atoms with Gasteiger partial charge >= 0.3 is 0 Å². The van der Waals surface area contributed by atoms with Gasteiger partial charge in [-0.25, -0.2) is 4.39 Å². The zero-order chi connectivity index (χ0) is 17.0. The number of hydrogen-bond donors (Lipinski definition) is 1. The van der Waals surface area contributed by atoms with Gasteiger partial charge in [0.05, 0.1) is 6.10 Å². The van der Waals surface area contributed by atoms with Crippen LogP contribution in [0, 0.1) is 0 Å². The Morgan fingerprint density at radius 1 is 0.565 bits per heavy atom. The number of aliphatic hydroxyl groups excluding tert-OH is 1. The van der Waals surface area contributed by atoms with Gasteiger partial charge in [0.1, 0.15) is 6.67 Å². The molecule has 0 aliphatic heterocycles. The van der Waals surface area contributed by atoms with Gasteiger partial charge in [-0.3, -0.25) is 0 Å². The summed E-state index contributed by atoms with van der Waals surface area (Å²) in [5, 5.41) is 9.11. The molecule has 0 heterocycles. The summed E-state index contributed by atoms with van der Waals surface area (Å²) in [6.07, 6.45) is 23.0. The maximum absolute atomic E-state index is 12.0. The van der Waals surface area contributed by atoms with Crippen LogP contribution in [0.1, 0.15) is 122 Å². The lowest BCUT2D eigenvalue weighted by Gasteiger charge is -2.05. The van der Waals surface area contributed by atoms with Crippen LogP contribution in [0.3, 0.4) is 0 Å². The van der Waals surface area contributed by atoms with Crippen LogP contribution in [0.15, 0.2) is 0 Å². The van der Waals surface area contributed by atoms with Crippen molar-refractivity contribution in [2.75, 3.05) is 6.67 Å². The third-order valence-corrected chi connectivity index (χ3v) is 4.82. The van der Waals surface area contributed by atoms with Crippen molar-refractivity contribution in [2.24, 2.45) is 0 Å². The van der Waals surface area contributed by atoms with Crippen molar-refractivity contribution in [3.8, 4) is 0 Å². The monoisotopic (exact) mass is 330 g/mol. The zero-order valence-corrected chi connectivity index (χ0v) is 15.8. The molecule has 0 rings (SSSR count). The van der Waals surface area contributed by atoms with Gasteiger partial charge in [-0.2, -0.15) is 0 Å². The fourth-order valence-electron chi connectivity index (χ4n) is 3.18. The summed E-state index contributed by atoms with van der Waals surface area (Å²) in [6, 6.07) is 0. The third-order valence-electron chi connectivity index (χ3n) is 4.82.